The van der Waals surface area contributed by atoms with Crippen LogP contribution in [0.4, 0.5) is 0 Å². The molecule has 0 amide bonds. The third kappa shape index (κ3) is 5.85. The third-order valence-corrected chi connectivity index (χ3v) is 9.36. The number of aliphatic hydroxyl groups excluding tert-OH is 1. The minimum Gasteiger partial charge on any atom is -0.462 e. The molecule has 0 heterocycles. The van der Waals surface area contributed by atoms with Gasteiger partial charge in [0.05, 0.1) is 0 Å². The number of fused-ring (bicyclic) bond motifs is 3. The van der Waals surface area contributed by atoms with Gasteiger partial charge in [0.2, 0.25) is 0 Å². The molecule has 0 aliphatic heterocycles. The summed E-state index contributed by atoms with van der Waals surface area (Å²) in [6.45, 7) is 18.0. The SMILES string of the molecule is C=C1[C@@H](OC(C)=O)C[C@H](OC(C)=O)[C@@]2(C)[C@@H](O)[C@H](OC(C)=O)C3=C(C)CC[C@@H]([C@@H](OC(=O)CCCC)[C@H]12)C3(C)C. The van der Waals surface area contributed by atoms with Crippen LogP contribution in [0.2, 0.25) is 0 Å². The van der Waals surface area contributed by atoms with Crippen molar-refractivity contribution in [2.75, 3.05) is 0 Å². The molecule has 2 bridgehead atoms. The predicted molar refractivity (Wildman–Crippen MR) is 147 cm³/mol. The van der Waals surface area contributed by atoms with Crippen LogP contribution in [0.15, 0.2) is 23.3 Å². The topological polar surface area (TPSA) is 125 Å². The Morgan fingerprint density at radius 3 is 2.12 bits per heavy atom. The zero-order chi connectivity index (χ0) is 30.2. The minimum atomic E-state index is -1.36. The van der Waals surface area contributed by atoms with Crippen LogP contribution in [0, 0.1) is 22.7 Å². The van der Waals surface area contributed by atoms with Gasteiger partial charge in [-0.05, 0) is 42.7 Å². The molecule has 8 atom stereocenters. The van der Waals surface area contributed by atoms with Crippen molar-refractivity contribution in [2.24, 2.45) is 22.7 Å². The summed E-state index contributed by atoms with van der Waals surface area (Å²) in [6, 6.07) is 0. The van der Waals surface area contributed by atoms with Crippen LogP contribution in [0.3, 0.4) is 0 Å². The lowest BCUT2D eigenvalue weighted by molar-refractivity contribution is -0.221. The van der Waals surface area contributed by atoms with Gasteiger partial charge in [0.1, 0.15) is 24.4 Å². The van der Waals surface area contributed by atoms with E-state index in [1.54, 1.807) is 6.92 Å². The van der Waals surface area contributed by atoms with Crippen molar-refractivity contribution in [1.82, 2.24) is 0 Å². The second kappa shape index (κ2) is 12.0. The van der Waals surface area contributed by atoms with E-state index in [9.17, 15) is 24.3 Å². The summed E-state index contributed by atoms with van der Waals surface area (Å²) in [6.07, 6.45) is -1.86. The van der Waals surface area contributed by atoms with Crippen LogP contribution in [-0.2, 0) is 38.1 Å². The minimum absolute atomic E-state index is 0.0530. The highest BCUT2D eigenvalue weighted by Crippen LogP contribution is 2.61. The molecule has 2 saturated carbocycles. The number of ether oxygens (including phenoxy) is 4. The van der Waals surface area contributed by atoms with Crippen molar-refractivity contribution in [3.8, 4) is 0 Å². The second-order valence-electron chi connectivity index (χ2n) is 12.4. The highest BCUT2D eigenvalue weighted by atomic mass is 16.6. The standard InChI is InChI=1S/C31H46O9/c1-10-11-12-24(35)40-27-21-14-13-16(2)25(30(21,7)8)28(39-20(6)34)29(36)31(9)23(38-19(5)33)15-22(37-18(4)32)17(3)26(27)31/h21-23,26-29,36H,3,10-15H2,1-2,4-9H3/t21-,22-,23-,26-,27+,28+,29-,31+/m0/s1. The molecule has 0 aromatic carbocycles. The molecule has 1 N–H and O–H groups in total. The molecule has 3 aliphatic carbocycles. The normalized spacial score (nSPS) is 35.0. The van der Waals surface area contributed by atoms with E-state index in [1.165, 1.54) is 20.8 Å². The zero-order valence-corrected chi connectivity index (χ0v) is 25.2. The zero-order valence-electron chi connectivity index (χ0n) is 25.2. The number of hydrogen-bond acceptors (Lipinski definition) is 9. The first-order valence-corrected chi connectivity index (χ1v) is 14.3. The smallest absolute Gasteiger partial charge is 0.306 e. The van der Waals surface area contributed by atoms with Crippen molar-refractivity contribution in [3.63, 3.8) is 0 Å². The van der Waals surface area contributed by atoms with Gasteiger partial charge in [-0.25, -0.2) is 0 Å². The number of aliphatic hydroxyl groups is 1. The number of carbonyl (C=O) groups excluding carboxylic acids is 4. The van der Waals surface area contributed by atoms with Crippen molar-refractivity contribution >= 4 is 23.9 Å². The number of carbonyl (C=O) groups is 4. The Kier molecular flexibility index (Phi) is 9.59. The molecule has 3 aliphatic rings. The van der Waals surface area contributed by atoms with E-state index in [0.29, 0.717) is 24.8 Å². The fourth-order valence-corrected chi connectivity index (χ4v) is 7.54. The van der Waals surface area contributed by atoms with Crippen LogP contribution in [0.25, 0.3) is 0 Å². The Morgan fingerprint density at radius 2 is 1.57 bits per heavy atom. The second-order valence-corrected chi connectivity index (χ2v) is 12.4. The molecule has 9 nitrogen and oxygen atoms in total. The molecular formula is C31H46O9. The number of allylic oxidation sites excluding steroid dienone is 1. The number of rotatable bonds is 7. The van der Waals surface area contributed by atoms with Crippen molar-refractivity contribution in [2.45, 2.75) is 124 Å². The summed E-state index contributed by atoms with van der Waals surface area (Å²) < 4.78 is 23.7. The van der Waals surface area contributed by atoms with Gasteiger partial charge in [-0.15, -0.1) is 0 Å². The largest absolute Gasteiger partial charge is 0.462 e. The van der Waals surface area contributed by atoms with Crippen LogP contribution >= 0.6 is 0 Å². The van der Waals surface area contributed by atoms with Gasteiger partial charge in [-0.3, -0.25) is 19.2 Å². The van der Waals surface area contributed by atoms with Gasteiger partial charge in [0, 0.05) is 50.9 Å². The van der Waals surface area contributed by atoms with Gasteiger partial charge in [-0.1, -0.05) is 46.3 Å². The first kappa shape index (κ1) is 31.8. The van der Waals surface area contributed by atoms with Gasteiger partial charge in [-0.2, -0.15) is 0 Å². The Hall–Kier alpha value is -2.68. The van der Waals surface area contributed by atoms with E-state index in [4.69, 9.17) is 18.9 Å². The quantitative estimate of drug-likeness (QED) is 0.269. The molecular weight excluding hydrogens is 516 g/mol. The summed E-state index contributed by atoms with van der Waals surface area (Å²) in [5.41, 5.74) is 0.301. The Balaban J connectivity index is 2.34. The van der Waals surface area contributed by atoms with E-state index in [2.05, 4.69) is 6.58 Å². The molecule has 0 unspecified atom stereocenters. The molecule has 224 valence electrons. The average molecular weight is 563 g/mol. The van der Waals surface area contributed by atoms with Gasteiger partial charge < -0.3 is 24.1 Å². The average Bonchev–Trinajstić information content (AvgIpc) is 2.82. The molecule has 0 saturated heterocycles. The maximum absolute atomic E-state index is 13.2. The molecule has 2 fully saturated rings. The van der Waals surface area contributed by atoms with Gasteiger partial charge in [0.15, 0.2) is 6.10 Å². The molecule has 3 rings (SSSR count). The van der Waals surface area contributed by atoms with E-state index in [-0.39, 0.29) is 24.7 Å². The lowest BCUT2D eigenvalue weighted by atomic mass is 9.49. The first-order chi connectivity index (χ1) is 18.6. The summed E-state index contributed by atoms with van der Waals surface area (Å²) in [5, 5.41) is 12.3. The monoisotopic (exact) mass is 562 g/mol. The third-order valence-electron chi connectivity index (χ3n) is 9.36. The van der Waals surface area contributed by atoms with E-state index in [1.807, 2.05) is 27.7 Å². The van der Waals surface area contributed by atoms with E-state index < -0.39 is 65.2 Å². The fraction of sp³-hybridized carbons (Fsp3) is 0.742. The lowest BCUT2D eigenvalue weighted by Gasteiger charge is -2.60. The van der Waals surface area contributed by atoms with Crippen molar-refractivity contribution < 1.29 is 43.2 Å². The maximum Gasteiger partial charge on any atom is 0.306 e. The summed E-state index contributed by atoms with van der Waals surface area (Å²) >= 11 is 0. The predicted octanol–water partition coefficient (Wildman–Crippen LogP) is 4.59. The van der Waals surface area contributed by atoms with Gasteiger partial charge >= 0.3 is 23.9 Å². The van der Waals surface area contributed by atoms with Crippen molar-refractivity contribution in [3.05, 3.63) is 23.3 Å². The summed E-state index contributed by atoms with van der Waals surface area (Å²) in [7, 11) is 0. The highest BCUT2D eigenvalue weighted by Gasteiger charge is 2.66. The molecule has 0 radical (unpaired) electrons. The number of esters is 4. The fourth-order valence-electron chi connectivity index (χ4n) is 7.54. The lowest BCUT2D eigenvalue weighted by Crippen LogP contribution is -2.67. The molecule has 9 heteroatoms. The molecule has 0 aromatic rings. The Labute approximate surface area is 237 Å². The maximum atomic E-state index is 13.2. The first-order valence-electron chi connectivity index (χ1n) is 14.3. The van der Waals surface area contributed by atoms with Crippen LogP contribution < -0.4 is 0 Å². The molecule has 0 aromatic heterocycles. The van der Waals surface area contributed by atoms with E-state index >= 15 is 0 Å². The molecule has 40 heavy (non-hydrogen) atoms. The highest BCUT2D eigenvalue weighted by molar-refractivity contribution is 5.70. The van der Waals surface area contributed by atoms with Crippen molar-refractivity contribution in [1.29, 1.82) is 0 Å². The Morgan fingerprint density at radius 1 is 0.975 bits per heavy atom. The summed E-state index contributed by atoms with van der Waals surface area (Å²) in [4.78, 5) is 50.1. The molecule has 0 spiro atoms. The Bertz CT molecular complexity index is 1070. The summed E-state index contributed by atoms with van der Waals surface area (Å²) in [5.74, 6) is -3.06. The van der Waals surface area contributed by atoms with Crippen LogP contribution in [-0.4, -0.2) is 59.5 Å². The van der Waals surface area contributed by atoms with Crippen LogP contribution in [0.1, 0.15) is 93.9 Å². The van der Waals surface area contributed by atoms with Crippen LogP contribution in [0.5, 0.6) is 0 Å². The number of hydrogen-bond donors (Lipinski definition) is 1. The van der Waals surface area contributed by atoms with Gasteiger partial charge in [0.25, 0.3) is 0 Å². The van der Waals surface area contributed by atoms with E-state index in [0.717, 1.165) is 17.6 Å². The number of unbranched alkanes of at least 4 members (excludes halogenated alkanes) is 1.